The summed E-state index contributed by atoms with van der Waals surface area (Å²) in [6, 6.07) is 6.70. The van der Waals surface area contributed by atoms with E-state index in [2.05, 4.69) is 5.10 Å². The van der Waals surface area contributed by atoms with Crippen molar-refractivity contribution < 1.29 is 14.3 Å². The number of rotatable bonds is 2. The van der Waals surface area contributed by atoms with Crippen LogP contribution in [0.5, 0.6) is 0 Å². The zero-order valence-corrected chi connectivity index (χ0v) is 8.46. The summed E-state index contributed by atoms with van der Waals surface area (Å²) in [6.07, 6.45) is 1.32. The van der Waals surface area contributed by atoms with E-state index in [9.17, 15) is 9.18 Å². The Balaban J connectivity index is 2.58. The molecule has 0 aliphatic heterocycles. The second kappa shape index (κ2) is 4.06. The van der Waals surface area contributed by atoms with Gasteiger partial charge in [-0.3, -0.25) is 0 Å². The molecule has 1 N–H and O–H groups in total. The third kappa shape index (κ3) is 1.86. The second-order valence-electron chi connectivity index (χ2n) is 3.21. The van der Waals surface area contributed by atoms with Crippen LogP contribution < -0.4 is 0 Å². The zero-order chi connectivity index (χ0) is 12.4. The van der Waals surface area contributed by atoms with Crippen LogP contribution in [0.1, 0.15) is 16.1 Å². The van der Waals surface area contributed by atoms with Crippen LogP contribution >= 0.6 is 0 Å². The van der Waals surface area contributed by atoms with Crippen LogP contribution in [-0.4, -0.2) is 20.9 Å². The average Bonchev–Trinajstić information content (AvgIpc) is 2.78. The first kappa shape index (κ1) is 10.8. The molecule has 84 valence electrons. The maximum atomic E-state index is 13.1. The van der Waals surface area contributed by atoms with E-state index in [4.69, 9.17) is 10.4 Å². The number of benzene rings is 1. The van der Waals surface area contributed by atoms with Gasteiger partial charge in [0, 0.05) is 0 Å². The lowest BCUT2D eigenvalue weighted by Crippen LogP contribution is -2.08. The normalized spacial score (nSPS) is 9.88. The Morgan fingerprint density at radius 3 is 2.88 bits per heavy atom. The van der Waals surface area contributed by atoms with Crippen molar-refractivity contribution in [2.45, 2.75) is 0 Å². The lowest BCUT2D eigenvalue weighted by molar-refractivity contribution is 0.0687. The molecule has 0 saturated heterocycles. The first-order valence-corrected chi connectivity index (χ1v) is 4.61. The van der Waals surface area contributed by atoms with Crippen molar-refractivity contribution in [1.82, 2.24) is 9.78 Å². The van der Waals surface area contributed by atoms with E-state index < -0.39 is 11.8 Å². The molecule has 0 aliphatic carbocycles. The SMILES string of the molecule is N#Cc1cc(-n2nccc2C(=O)O)ccc1F. The van der Waals surface area contributed by atoms with Gasteiger partial charge in [0.25, 0.3) is 0 Å². The minimum Gasteiger partial charge on any atom is -0.477 e. The summed E-state index contributed by atoms with van der Waals surface area (Å²) in [5, 5.41) is 21.4. The van der Waals surface area contributed by atoms with E-state index in [0.717, 1.165) is 10.7 Å². The fourth-order valence-electron chi connectivity index (χ4n) is 1.40. The van der Waals surface area contributed by atoms with Crippen LogP contribution in [0.4, 0.5) is 4.39 Å². The summed E-state index contributed by atoms with van der Waals surface area (Å²) in [7, 11) is 0. The molecular weight excluding hydrogens is 225 g/mol. The molecular formula is C11H6FN3O2. The third-order valence-electron chi connectivity index (χ3n) is 2.18. The molecule has 1 heterocycles. The summed E-state index contributed by atoms with van der Waals surface area (Å²) in [4.78, 5) is 10.9. The molecule has 2 rings (SSSR count). The van der Waals surface area contributed by atoms with Crippen molar-refractivity contribution >= 4 is 5.97 Å². The summed E-state index contributed by atoms with van der Waals surface area (Å²) < 4.78 is 14.2. The molecule has 0 spiro atoms. The van der Waals surface area contributed by atoms with Gasteiger partial charge in [-0.1, -0.05) is 0 Å². The van der Waals surface area contributed by atoms with Gasteiger partial charge in [0.2, 0.25) is 0 Å². The zero-order valence-electron chi connectivity index (χ0n) is 8.46. The van der Waals surface area contributed by atoms with Crippen LogP contribution in [0.25, 0.3) is 5.69 Å². The molecule has 17 heavy (non-hydrogen) atoms. The highest BCUT2D eigenvalue weighted by Crippen LogP contribution is 2.15. The molecule has 0 atom stereocenters. The maximum Gasteiger partial charge on any atom is 0.354 e. The van der Waals surface area contributed by atoms with Crippen LogP contribution in [0.2, 0.25) is 0 Å². The average molecular weight is 231 g/mol. The third-order valence-corrected chi connectivity index (χ3v) is 2.18. The number of hydrogen-bond acceptors (Lipinski definition) is 3. The number of nitriles is 1. The predicted molar refractivity (Wildman–Crippen MR) is 55.2 cm³/mol. The molecule has 0 saturated carbocycles. The van der Waals surface area contributed by atoms with Crippen LogP contribution in [0.3, 0.4) is 0 Å². The minimum absolute atomic E-state index is 0.0551. The summed E-state index contributed by atoms with van der Waals surface area (Å²) >= 11 is 0. The summed E-state index contributed by atoms with van der Waals surface area (Å²) in [5.74, 6) is -1.80. The molecule has 2 aromatic rings. The van der Waals surface area contributed by atoms with Crippen molar-refractivity contribution in [2.75, 3.05) is 0 Å². The molecule has 1 aromatic carbocycles. The largest absolute Gasteiger partial charge is 0.477 e. The van der Waals surface area contributed by atoms with Gasteiger partial charge in [-0.05, 0) is 24.3 Å². The fourth-order valence-corrected chi connectivity index (χ4v) is 1.40. The fraction of sp³-hybridized carbons (Fsp3) is 0. The van der Waals surface area contributed by atoms with Crippen molar-refractivity contribution in [3.05, 3.63) is 47.5 Å². The Labute approximate surface area is 95.3 Å². The van der Waals surface area contributed by atoms with Gasteiger partial charge in [0.15, 0.2) is 5.69 Å². The van der Waals surface area contributed by atoms with Gasteiger partial charge in [-0.25, -0.2) is 13.9 Å². The van der Waals surface area contributed by atoms with E-state index >= 15 is 0 Å². The van der Waals surface area contributed by atoms with Gasteiger partial charge >= 0.3 is 5.97 Å². The van der Waals surface area contributed by atoms with Gasteiger partial charge < -0.3 is 5.11 Å². The van der Waals surface area contributed by atoms with Crippen molar-refractivity contribution in [1.29, 1.82) is 5.26 Å². The van der Waals surface area contributed by atoms with Crippen LogP contribution in [-0.2, 0) is 0 Å². The molecule has 0 fully saturated rings. The van der Waals surface area contributed by atoms with Gasteiger partial charge in [0.05, 0.1) is 17.4 Å². The number of aromatic carboxylic acids is 1. The minimum atomic E-state index is -1.15. The molecule has 0 unspecified atom stereocenters. The first-order chi connectivity index (χ1) is 8.13. The van der Waals surface area contributed by atoms with E-state index in [-0.39, 0.29) is 11.3 Å². The standard InChI is InChI=1S/C11H6FN3O2/c12-9-2-1-8(5-7(9)6-13)15-10(11(16)17)3-4-14-15/h1-5H,(H,16,17). The topological polar surface area (TPSA) is 78.9 Å². The van der Waals surface area contributed by atoms with Crippen molar-refractivity contribution in [3.8, 4) is 11.8 Å². The molecule has 0 amide bonds. The Morgan fingerprint density at radius 2 is 2.24 bits per heavy atom. The molecule has 0 radical (unpaired) electrons. The lowest BCUT2D eigenvalue weighted by atomic mass is 10.2. The van der Waals surface area contributed by atoms with E-state index in [0.29, 0.717) is 5.69 Å². The second-order valence-corrected chi connectivity index (χ2v) is 3.21. The smallest absolute Gasteiger partial charge is 0.354 e. The van der Waals surface area contributed by atoms with Gasteiger partial charge in [-0.2, -0.15) is 10.4 Å². The Morgan fingerprint density at radius 1 is 1.47 bits per heavy atom. The van der Waals surface area contributed by atoms with Crippen LogP contribution in [0, 0.1) is 17.1 Å². The van der Waals surface area contributed by atoms with E-state index in [1.54, 1.807) is 6.07 Å². The number of carboxylic acid groups (broad SMARTS) is 1. The highest BCUT2D eigenvalue weighted by molar-refractivity contribution is 5.86. The van der Waals surface area contributed by atoms with Crippen LogP contribution in [0.15, 0.2) is 30.5 Å². The summed E-state index contributed by atoms with van der Waals surface area (Å²) in [6.45, 7) is 0. The Hall–Kier alpha value is -2.68. The number of halogens is 1. The highest BCUT2D eigenvalue weighted by atomic mass is 19.1. The highest BCUT2D eigenvalue weighted by Gasteiger charge is 2.13. The van der Waals surface area contributed by atoms with Gasteiger partial charge in [-0.15, -0.1) is 0 Å². The number of nitrogens with zero attached hydrogens (tertiary/aromatic N) is 3. The predicted octanol–water partition coefficient (Wildman–Crippen LogP) is 1.58. The molecule has 0 aliphatic rings. The Kier molecular flexibility index (Phi) is 2.58. The van der Waals surface area contributed by atoms with Gasteiger partial charge in [0.1, 0.15) is 11.9 Å². The molecule has 1 aromatic heterocycles. The van der Waals surface area contributed by atoms with E-state index in [1.165, 1.54) is 24.4 Å². The van der Waals surface area contributed by atoms with Crippen molar-refractivity contribution in [3.63, 3.8) is 0 Å². The molecule has 0 bridgehead atoms. The number of carbonyl (C=O) groups is 1. The number of aromatic nitrogens is 2. The number of hydrogen-bond donors (Lipinski definition) is 1. The Bertz CT molecular complexity index is 628. The molecule has 6 heteroatoms. The van der Waals surface area contributed by atoms with E-state index in [1.807, 2.05) is 0 Å². The maximum absolute atomic E-state index is 13.1. The monoisotopic (exact) mass is 231 g/mol. The molecule has 5 nitrogen and oxygen atoms in total. The lowest BCUT2D eigenvalue weighted by Gasteiger charge is -2.04. The first-order valence-electron chi connectivity index (χ1n) is 4.61. The van der Waals surface area contributed by atoms with Crippen molar-refractivity contribution in [2.24, 2.45) is 0 Å². The number of carboxylic acids is 1. The summed E-state index contributed by atoms with van der Waals surface area (Å²) in [5.41, 5.74) is 0.111. The quantitative estimate of drug-likeness (QED) is 0.850.